The lowest BCUT2D eigenvalue weighted by atomic mass is 9.96. The van der Waals surface area contributed by atoms with Gasteiger partial charge >= 0.3 is 17.8 Å². The van der Waals surface area contributed by atoms with Gasteiger partial charge in [0, 0.05) is 20.1 Å². The van der Waals surface area contributed by atoms with Gasteiger partial charge < -0.3 is 25.3 Å². The minimum absolute atomic E-state index is 0. The lowest BCUT2D eigenvalue weighted by Crippen LogP contribution is -2.45. The molecule has 3 aromatic rings. The van der Waals surface area contributed by atoms with Crippen molar-refractivity contribution in [3.63, 3.8) is 0 Å². The summed E-state index contributed by atoms with van der Waals surface area (Å²) in [6, 6.07) is 13.9. The van der Waals surface area contributed by atoms with Gasteiger partial charge in [0.05, 0.1) is 18.1 Å². The van der Waals surface area contributed by atoms with Gasteiger partial charge in [-0.1, -0.05) is 12.1 Å². The van der Waals surface area contributed by atoms with E-state index in [2.05, 4.69) is 10.2 Å². The van der Waals surface area contributed by atoms with Gasteiger partial charge in [-0.2, -0.15) is 0 Å². The van der Waals surface area contributed by atoms with E-state index in [9.17, 15) is 14.4 Å². The summed E-state index contributed by atoms with van der Waals surface area (Å²) in [5.41, 5.74) is 6.19. The van der Waals surface area contributed by atoms with Crippen molar-refractivity contribution in [3.8, 4) is 11.5 Å². The number of aryl methyl sites for hydroxylation is 1. The molecule has 11 nitrogen and oxygen atoms in total. The smallest absolute Gasteiger partial charge is 0.404 e. The summed E-state index contributed by atoms with van der Waals surface area (Å²) in [4.78, 5) is 39.0. The molecule has 1 saturated heterocycles. The van der Waals surface area contributed by atoms with Crippen molar-refractivity contribution in [1.82, 2.24) is 19.4 Å². The van der Waals surface area contributed by atoms with Crippen molar-refractivity contribution < 1.29 is 23.8 Å². The first-order valence-corrected chi connectivity index (χ1v) is 12.3. The van der Waals surface area contributed by atoms with Crippen molar-refractivity contribution in [3.05, 3.63) is 59.0 Å². The SMILES string of the molecule is COc1ccc(OCC(CN2CCC(CNC(=O)n3c(=O)n(C)c4ccccc43)CC2)OC(N)=O)cc1.Cl. The van der Waals surface area contributed by atoms with Crippen molar-refractivity contribution in [2.45, 2.75) is 18.9 Å². The maximum Gasteiger partial charge on any atom is 0.404 e. The largest absolute Gasteiger partial charge is 0.497 e. The third-order valence-corrected chi connectivity index (χ3v) is 6.65. The Balaban J connectivity index is 0.00000400. The normalized spacial score (nSPS) is 14.9. The zero-order chi connectivity index (χ0) is 26.4. The van der Waals surface area contributed by atoms with Crippen molar-refractivity contribution >= 4 is 35.6 Å². The Kier molecular flexibility index (Phi) is 10.0. The fourth-order valence-electron chi connectivity index (χ4n) is 4.61. The number of nitrogens with two attached hydrogens (primary N) is 1. The van der Waals surface area contributed by atoms with E-state index in [1.165, 1.54) is 9.13 Å². The van der Waals surface area contributed by atoms with E-state index in [0.29, 0.717) is 29.9 Å². The van der Waals surface area contributed by atoms with Gasteiger partial charge in [-0.05, 0) is 68.2 Å². The monoisotopic (exact) mass is 547 g/mol. The molecule has 38 heavy (non-hydrogen) atoms. The Bertz CT molecular complexity index is 1280. The minimum Gasteiger partial charge on any atom is -0.497 e. The lowest BCUT2D eigenvalue weighted by Gasteiger charge is -2.33. The number of imidazole rings is 1. The van der Waals surface area contributed by atoms with Gasteiger partial charge in [0.15, 0.2) is 6.10 Å². The van der Waals surface area contributed by atoms with Crippen LogP contribution in [0.25, 0.3) is 11.0 Å². The lowest BCUT2D eigenvalue weighted by molar-refractivity contribution is 0.0368. The minimum atomic E-state index is -0.843. The van der Waals surface area contributed by atoms with Crippen LogP contribution >= 0.6 is 12.4 Å². The number of benzene rings is 2. The molecule has 12 heteroatoms. The standard InChI is InChI=1S/C26H33N5O6.ClH/c1-29-22-5-3-4-6-23(22)31(26(29)34)25(33)28-15-18-11-13-30(14-12-18)16-21(37-24(27)32)17-36-20-9-7-19(35-2)8-10-20;/h3-10,18,21H,11-17H2,1-2H3,(H2,27,32)(H,28,33);1H. The molecule has 1 fully saturated rings. The van der Waals surface area contributed by atoms with E-state index in [4.69, 9.17) is 19.9 Å². The maximum atomic E-state index is 12.8. The van der Waals surface area contributed by atoms with E-state index in [1.54, 1.807) is 50.6 Å². The Morgan fingerprint density at radius 2 is 1.68 bits per heavy atom. The Morgan fingerprint density at radius 1 is 1.05 bits per heavy atom. The highest BCUT2D eigenvalue weighted by atomic mass is 35.5. The molecule has 2 amide bonds. The number of hydrogen-bond donors (Lipinski definition) is 2. The third-order valence-electron chi connectivity index (χ3n) is 6.65. The fraction of sp³-hybridized carbons (Fsp3) is 0.423. The molecule has 4 rings (SSSR count). The van der Waals surface area contributed by atoms with Crippen molar-refractivity contribution in [2.24, 2.45) is 18.7 Å². The molecule has 3 N–H and O–H groups in total. The van der Waals surface area contributed by atoms with Crippen LogP contribution in [-0.4, -0.2) is 72.2 Å². The van der Waals surface area contributed by atoms with Crippen LogP contribution in [0.15, 0.2) is 53.3 Å². The second-order valence-electron chi connectivity index (χ2n) is 9.14. The number of likely N-dealkylation sites (tertiary alicyclic amines) is 1. The van der Waals surface area contributed by atoms with Crippen molar-refractivity contribution in [2.75, 3.05) is 39.9 Å². The first-order valence-electron chi connectivity index (χ1n) is 12.3. The number of amides is 2. The molecule has 0 bridgehead atoms. The average molecular weight is 548 g/mol. The summed E-state index contributed by atoms with van der Waals surface area (Å²) in [6.07, 6.45) is 0.347. The molecule has 206 valence electrons. The zero-order valence-corrected chi connectivity index (χ0v) is 22.3. The molecule has 0 saturated carbocycles. The van der Waals surface area contributed by atoms with Gasteiger partial charge in [-0.25, -0.2) is 19.0 Å². The van der Waals surface area contributed by atoms with E-state index in [0.717, 1.165) is 31.7 Å². The van der Waals surface area contributed by atoms with Crippen LogP contribution in [0, 0.1) is 5.92 Å². The number of primary amides is 1. The molecule has 0 spiro atoms. The fourth-order valence-corrected chi connectivity index (χ4v) is 4.61. The summed E-state index contributed by atoms with van der Waals surface area (Å²) in [5.74, 6) is 1.64. The number of hydrogen-bond acceptors (Lipinski definition) is 7. The quantitative estimate of drug-likeness (QED) is 0.421. The van der Waals surface area contributed by atoms with Gasteiger partial charge in [0.1, 0.15) is 18.1 Å². The molecule has 1 aromatic heterocycles. The van der Waals surface area contributed by atoms with Crippen LogP contribution in [0.3, 0.4) is 0 Å². The highest BCUT2D eigenvalue weighted by Gasteiger charge is 2.25. The zero-order valence-electron chi connectivity index (χ0n) is 21.5. The van der Waals surface area contributed by atoms with E-state index >= 15 is 0 Å². The predicted molar refractivity (Wildman–Crippen MR) is 145 cm³/mol. The molecule has 1 aliphatic rings. The molecule has 0 radical (unpaired) electrons. The number of nitrogens with zero attached hydrogens (tertiary/aromatic N) is 3. The van der Waals surface area contributed by atoms with Crippen LogP contribution in [0.2, 0.25) is 0 Å². The second kappa shape index (κ2) is 13.2. The Hall–Kier alpha value is -3.70. The number of carbonyl (C=O) groups excluding carboxylic acids is 2. The molecule has 2 heterocycles. The van der Waals surface area contributed by atoms with Gasteiger partial charge in [0.25, 0.3) is 0 Å². The summed E-state index contributed by atoms with van der Waals surface area (Å²) >= 11 is 0. The van der Waals surface area contributed by atoms with E-state index in [1.807, 2.05) is 12.1 Å². The average Bonchev–Trinajstić information content (AvgIpc) is 3.16. The number of aromatic nitrogens is 2. The third kappa shape index (κ3) is 6.99. The van der Waals surface area contributed by atoms with Gasteiger partial charge in [-0.3, -0.25) is 9.47 Å². The highest BCUT2D eigenvalue weighted by Crippen LogP contribution is 2.20. The van der Waals surface area contributed by atoms with Crippen LogP contribution in [0.4, 0.5) is 9.59 Å². The second-order valence-corrected chi connectivity index (χ2v) is 9.14. The molecule has 0 aliphatic carbocycles. The summed E-state index contributed by atoms with van der Waals surface area (Å²) < 4.78 is 18.9. The van der Waals surface area contributed by atoms with E-state index < -0.39 is 18.2 Å². The number of piperidine rings is 1. The number of halogens is 1. The van der Waals surface area contributed by atoms with Gasteiger partial charge in [-0.15, -0.1) is 12.4 Å². The first-order chi connectivity index (χ1) is 17.9. The molecule has 1 atom stereocenters. The Morgan fingerprint density at radius 3 is 2.32 bits per heavy atom. The number of carbonyl (C=O) groups is 2. The molecular weight excluding hydrogens is 514 g/mol. The predicted octanol–water partition coefficient (Wildman–Crippen LogP) is 2.58. The number of ether oxygens (including phenoxy) is 3. The summed E-state index contributed by atoms with van der Waals surface area (Å²) in [5, 5.41) is 2.92. The van der Waals surface area contributed by atoms with Crippen molar-refractivity contribution in [1.29, 1.82) is 0 Å². The highest BCUT2D eigenvalue weighted by molar-refractivity contribution is 5.89. The van der Waals surface area contributed by atoms with Crippen LogP contribution < -0.4 is 26.2 Å². The summed E-state index contributed by atoms with van der Waals surface area (Å²) in [7, 11) is 3.25. The van der Waals surface area contributed by atoms with Crippen LogP contribution in [0.1, 0.15) is 12.8 Å². The maximum absolute atomic E-state index is 12.8. The van der Waals surface area contributed by atoms with Crippen LogP contribution in [0.5, 0.6) is 11.5 Å². The number of methoxy groups -OCH3 is 1. The van der Waals surface area contributed by atoms with Crippen LogP contribution in [-0.2, 0) is 11.8 Å². The van der Waals surface area contributed by atoms with E-state index in [-0.39, 0.29) is 30.6 Å². The van der Waals surface area contributed by atoms with Gasteiger partial charge in [0.2, 0.25) is 0 Å². The Labute approximate surface area is 226 Å². The number of nitrogens with one attached hydrogen (secondary N) is 1. The number of fused-ring (bicyclic) bond motifs is 1. The summed E-state index contributed by atoms with van der Waals surface area (Å²) in [6.45, 7) is 2.69. The number of rotatable bonds is 9. The first kappa shape index (κ1) is 28.9. The topological polar surface area (TPSA) is 130 Å². The molecular formula is C26H34ClN5O6. The number of para-hydroxylation sites is 2. The molecule has 1 unspecified atom stereocenters. The molecule has 2 aromatic carbocycles. The molecule has 1 aliphatic heterocycles.